The molecule has 0 aliphatic carbocycles. The molecule has 9 heavy (non-hydrogen) atoms. The molecule has 0 N–H and O–H groups in total. The summed E-state index contributed by atoms with van der Waals surface area (Å²) in [5.74, 6) is 0. The summed E-state index contributed by atoms with van der Waals surface area (Å²) < 4.78 is 3.62. The highest BCUT2D eigenvalue weighted by molar-refractivity contribution is 7.07. The second-order valence-electron chi connectivity index (χ2n) is 1.56. The van der Waals surface area contributed by atoms with Crippen LogP contribution in [0.25, 0.3) is 0 Å². The molecule has 0 bridgehead atoms. The highest BCUT2D eigenvalue weighted by Crippen LogP contribution is 2.06. The minimum Gasteiger partial charge on any atom is -0.297 e. The van der Waals surface area contributed by atoms with Crippen molar-refractivity contribution in [3.8, 4) is 0 Å². The normalized spacial score (nSPS) is 9.44. The smallest absolute Gasteiger partial charge is 0.163 e. The second-order valence-corrected chi connectivity index (χ2v) is 2.34. The van der Waals surface area contributed by atoms with Crippen molar-refractivity contribution >= 4 is 17.8 Å². The van der Waals surface area contributed by atoms with Gasteiger partial charge in [-0.25, -0.2) is 0 Å². The minimum absolute atomic E-state index is 0.650. The number of hydrogen-bond donors (Lipinski definition) is 0. The zero-order valence-electron chi connectivity index (χ0n) is 5.00. The summed E-state index contributed by atoms with van der Waals surface area (Å²) in [6.45, 7) is 1.95. The lowest BCUT2D eigenvalue weighted by atomic mass is 10.3. The Balaban J connectivity index is 2.98. The van der Waals surface area contributed by atoms with Gasteiger partial charge in [0, 0.05) is 0 Å². The van der Waals surface area contributed by atoms with E-state index in [1.54, 1.807) is 0 Å². The van der Waals surface area contributed by atoms with E-state index in [0.717, 1.165) is 29.9 Å². The molecule has 1 aromatic rings. The predicted octanol–water partition coefficient (Wildman–Crippen LogP) is 0.913. The Kier molecular flexibility index (Phi) is 1.89. The zero-order valence-corrected chi connectivity index (χ0v) is 5.81. The summed E-state index contributed by atoms with van der Waals surface area (Å²) >= 11 is 1.14. The minimum atomic E-state index is 0.650. The molecular formula is C5H6N2OS. The van der Waals surface area contributed by atoms with Crippen molar-refractivity contribution in [3.63, 3.8) is 0 Å². The van der Waals surface area contributed by atoms with Crippen molar-refractivity contribution in [2.75, 3.05) is 0 Å². The van der Waals surface area contributed by atoms with E-state index in [1.807, 2.05) is 6.92 Å². The molecule has 0 spiro atoms. The van der Waals surface area contributed by atoms with E-state index in [9.17, 15) is 4.79 Å². The van der Waals surface area contributed by atoms with E-state index in [4.69, 9.17) is 0 Å². The Hall–Kier alpha value is -0.770. The third-order valence-corrected chi connectivity index (χ3v) is 1.72. The molecule has 0 aliphatic rings. The molecule has 4 heteroatoms. The number of carbonyl (C=O) groups is 1. The number of aldehydes is 1. The second kappa shape index (κ2) is 2.68. The van der Waals surface area contributed by atoms with Crippen molar-refractivity contribution in [3.05, 3.63) is 10.6 Å². The van der Waals surface area contributed by atoms with Gasteiger partial charge >= 0.3 is 0 Å². The van der Waals surface area contributed by atoms with Crippen LogP contribution in [0.15, 0.2) is 0 Å². The van der Waals surface area contributed by atoms with Crippen LogP contribution in [0.1, 0.15) is 22.3 Å². The summed E-state index contributed by atoms with van der Waals surface area (Å²) in [6, 6.07) is 0. The Morgan fingerprint density at radius 3 is 3.00 bits per heavy atom. The lowest BCUT2D eigenvalue weighted by molar-refractivity contribution is 0.112. The van der Waals surface area contributed by atoms with Crippen LogP contribution in [0.5, 0.6) is 0 Å². The van der Waals surface area contributed by atoms with E-state index >= 15 is 0 Å². The molecule has 0 fully saturated rings. The van der Waals surface area contributed by atoms with Crippen LogP contribution >= 0.6 is 11.5 Å². The van der Waals surface area contributed by atoms with Crippen LogP contribution in [0, 0.1) is 0 Å². The maximum atomic E-state index is 10.2. The van der Waals surface area contributed by atoms with Crippen molar-refractivity contribution in [2.45, 2.75) is 13.3 Å². The standard InChI is InChI=1S/C5H6N2OS/c1-2-4-5(3-8)9-7-6-4/h3H,2H2,1H3. The molecule has 0 unspecified atom stereocenters. The first kappa shape index (κ1) is 6.35. The van der Waals surface area contributed by atoms with E-state index in [0.29, 0.717) is 4.88 Å². The molecule has 0 saturated carbocycles. The Morgan fingerprint density at radius 1 is 1.78 bits per heavy atom. The molecule has 48 valence electrons. The van der Waals surface area contributed by atoms with Crippen LogP contribution < -0.4 is 0 Å². The van der Waals surface area contributed by atoms with Gasteiger partial charge < -0.3 is 0 Å². The van der Waals surface area contributed by atoms with Crippen molar-refractivity contribution in [1.82, 2.24) is 9.59 Å². The zero-order chi connectivity index (χ0) is 6.69. The van der Waals surface area contributed by atoms with Gasteiger partial charge in [-0.05, 0) is 18.0 Å². The molecule has 0 amide bonds. The first-order chi connectivity index (χ1) is 4.38. The highest BCUT2D eigenvalue weighted by Gasteiger charge is 2.01. The Bertz CT molecular complexity index is 208. The summed E-state index contributed by atoms with van der Waals surface area (Å²) in [5, 5.41) is 3.74. The van der Waals surface area contributed by atoms with Crippen molar-refractivity contribution in [2.24, 2.45) is 0 Å². The van der Waals surface area contributed by atoms with Crippen LogP contribution in [0.4, 0.5) is 0 Å². The molecule has 0 aliphatic heterocycles. The van der Waals surface area contributed by atoms with Gasteiger partial charge in [-0.1, -0.05) is 11.4 Å². The van der Waals surface area contributed by atoms with E-state index < -0.39 is 0 Å². The Morgan fingerprint density at radius 2 is 2.56 bits per heavy atom. The first-order valence-electron chi connectivity index (χ1n) is 2.65. The third kappa shape index (κ3) is 1.13. The van der Waals surface area contributed by atoms with Gasteiger partial charge in [0.25, 0.3) is 0 Å². The van der Waals surface area contributed by atoms with Crippen LogP contribution in [0.2, 0.25) is 0 Å². The molecule has 0 atom stereocenters. The third-order valence-electron chi connectivity index (χ3n) is 1.03. The first-order valence-corrected chi connectivity index (χ1v) is 3.42. The topological polar surface area (TPSA) is 42.9 Å². The van der Waals surface area contributed by atoms with Gasteiger partial charge in [0.15, 0.2) is 6.29 Å². The average Bonchev–Trinajstić information content (AvgIpc) is 2.33. The maximum Gasteiger partial charge on any atom is 0.163 e. The number of rotatable bonds is 2. The van der Waals surface area contributed by atoms with Gasteiger partial charge in [0.2, 0.25) is 0 Å². The fourth-order valence-electron chi connectivity index (χ4n) is 0.550. The fraction of sp³-hybridized carbons (Fsp3) is 0.400. The van der Waals surface area contributed by atoms with Crippen LogP contribution in [0.3, 0.4) is 0 Å². The van der Waals surface area contributed by atoms with Gasteiger partial charge in [-0.3, -0.25) is 4.79 Å². The monoisotopic (exact) mass is 142 g/mol. The molecular weight excluding hydrogens is 136 g/mol. The fourth-order valence-corrected chi connectivity index (χ4v) is 1.11. The summed E-state index contributed by atoms with van der Waals surface area (Å²) in [7, 11) is 0. The summed E-state index contributed by atoms with van der Waals surface area (Å²) in [6.07, 6.45) is 1.58. The van der Waals surface area contributed by atoms with E-state index in [1.165, 1.54) is 0 Å². The average molecular weight is 142 g/mol. The molecule has 1 aromatic heterocycles. The molecule has 1 rings (SSSR count). The number of aromatic nitrogens is 2. The predicted molar refractivity (Wildman–Crippen MR) is 34.7 cm³/mol. The van der Waals surface area contributed by atoms with Crippen LogP contribution in [-0.4, -0.2) is 15.9 Å². The Labute approximate surface area is 56.9 Å². The molecule has 3 nitrogen and oxygen atoms in total. The maximum absolute atomic E-state index is 10.2. The quantitative estimate of drug-likeness (QED) is 0.576. The lowest BCUT2D eigenvalue weighted by Gasteiger charge is -1.82. The van der Waals surface area contributed by atoms with E-state index in [2.05, 4.69) is 9.59 Å². The number of hydrogen-bond acceptors (Lipinski definition) is 4. The van der Waals surface area contributed by atoms with Gasteiger partial charge in [0.1, 0.15) is 4.88 Å². The SMILES string of the molecule is CCc1nnsc1C=O. The largest absolute Gasteiger partial charge is 0.297 e. The van der Waals surface area contributed by atoms with Gasteiger partial charge in [-0.2, -0.15) is 0 Å². The number of aryl methyl sites for hydroxylation is 1. The van der Waals surface area contributed by atoms with Gasteiger partial charge in [0.05, 0.1) is 5.69 Å². The van der Waals surface area contributed by atoms with Crippen molar-refractivity contribution in [1.29, 1.82) is 0 Å². The summed E-state index contributed by atoms with van der Waals surface area (Å²) in [5.41, 5.74) is 0.801. The molecule has 0 saturated heterocycles. The number of carbonyl (C=O) groups excluding carboxylic acids is 1. The molecule has 0 aromatic carbocycles. The summed E-state index contributed by atoms with van der Waals surface area (Å²) in [4.78, 5) is 10.8. The van der Waals surface area contributed by atoms with Gasteiger partial charge in [-0.15, -0.1) is 5.10 Å². The van der Waals surface area contributed by atoms with Crippen molar-refractivity contribution < 1.29 is 4.79 Å². The molecule has 0 radical (unpaired) electrons. The van der Waals surface area contributed by atoms with E-state index in [-0.39, 0.29) is 0 Å². The number of nitrogens with zero attached hydrogens (tertiary/aromatic N) is 2. The van der Waals surface area contributed by atoms with Crippen LogP contribution in [-0.2, 0) is 6.42 Å². The molecule has 1 heterocycles. The highest BCUT2D eigenvalue weighted by atomic mass is 32.1. The lowest BCUT2D eigenvalue weighted by Crippen LogP contribution is -1.84.